The predicted octanol–water partition coefficient (Wildman–Crippen LogP) is 4.93. The van der Waals surface area contributed by atoms with E-state index in [1.54, 1.807) is 0 Å². The zero-order valence-electron chi connectivity index (χ0n) is 19.1. The summed E-state index contributed by atoms with van der Waals surface area (Å²) in [5.74, 6) is 0.753. The molecule has 1 aliphatic rings. The molecule has 32 heavy (non-hydrogen) atoms. The summed E-state index contributed by atoms with van der Waals surface area (Å²) >= 11 is 0. The second-order valence-electron chi connectivity index (χ2n) is 8.34. The van der Waals surface area contributed by atoms with Crippen LogP contribution < -0.4 is 4.90 Å². The Morgan fingerprint density at radius 2 is 1.88 bits per heavy atom. The van der Waals surface area contributed by atoms with Crippen molar-refractivity contribution in [3.05, 3.63) is 71.3 Å². The highest BCUT2D eigenvalue weighted by Crippen LogP contribution is 2.34. The van der Waals surface area contributed by atoms with Crippen LogP contribution in [0.1, 0.15) is 41.8 Å². The molecule has 4 rings (SSSR count). The molecule has 1 amide bonds. The fraction of sp³-hybridized carbons (Fsp3) is 0.385. The number of morpholine rings is 1. The van der Waals surface area contributed by atoms with Crippen LogP contribution in [0.4, 0.5) is 5.88 Å². The van der Waals surface area contributed by atoms with Crippen molar-refractivity contribution in [2.75, 3.05) is 31.2 Å². The van der Waals surface area contributed by atoms with Gasteiger partial charge in [-0.15, -0.1) is 0 Å². The van der Waals surface area contributed by atoms with Crippen LogP contribution in [0.2, 0.25) is 0 Å². The summed E-state index contributed by atoms with van der Waals surface area (Å²) in [5.41, 5.74) is 4.59. The third-order valence-corrected chi connectivity index (χ3v) is 6.09. The first kappa shape index (κ1) is 22.1. The van der Waals surface area contributed by atoms with E-state index in [0.717, 1.165) is 47.8 Å². The molecule has 2 heterocycles. The van der Waals surface area contributed by atoms with Gasteiger partial charge in [-0.2, -0.15) is 0 Å². The second kappa shape index (κ2) is 10.0. The number of nitrogens with zero attached hydrogens (tertiary/aromatic N) is 3. The van der Waals surface area contributed by atoms with Crippen LogP contribution in [0.5, 0.6) is 0 Å². The Balaban J connectivity index is 1.76. The maximum atomic E-state index is 13.5. The van der Waals surface area contributed by atoms with Gasteiger partial charge in [-0.25, -0.2) is 0 Å². The number of aromatic nitrogens is 1. The van der Waals surface area contributed by atoms with Crippen LogP contribution in [0.3, 0.4) is 0 Å². The minimum atomic E-state index is 0.0178. The summed E-state index contributed by atoms with van der Waals surface area (Å²) in [6, 6.07) is 17.8. The van der Waals surface area contributed by atoms with Gasteiger partial charge in [0.05, 0.1) is 25.3 Å². The average molecular weight is 434 g/mol. The van der Waals surface area contributed by atoms with E-state index in [-0.39, 0.29) is 11.9 Å². The minimum Gasteiger partial charge on any atom is -0.378 e. The summed E-state index contributed by atoms with van der Waals surface area (Å²) in [7, 11) is 0. The van der Waals surface area contributed by atoms with Crippen molar-refractivity contribution in [3.8, 4) is 11.3 Å². The van der Waals surface area contributed by atoms with Gasteiger partial charge in [0.15, 0.2) is 0 Å². The van der Waals surface area contributed by atoms with E-state index in [4.69, 9.17) is 9.26 Å². The summed E-state index contributed by atoms with van der Waals surface area (Å²) in [4.78, 5) is 17.6. The number of benzene rings is 2. The Morgan fingerprint density at radius 1 is 1.12 bits per heavy atom. The highest BCUT2D eigenvalue weighted by Gasteiger charge is 2.29. The Labute approximate surface area is 189 Å². The van der Waals surface area contributed by atoms with Crippen molar-refractivity contribution < 1.29 is 14.1 Å². The monoisotopic (exact) mass is 433 g/mol. The lowest BCUT2D eigenvalue weighted by atomic mass is 10.0. The fourth-order valence-corrected chi connectivity index (χ4v) is 4.04. The number of hydrogen-bond acceptors (Lipinski definition) is 5. The molecular formula is C26H31N3O3. The number of ether oxygens (including phenoxy) is 1. The van der Waals surface area contributed by atoms with Crippen molar-refractivity contribution in [3.63, 3.8) is 0 Å². The number of amides is 1. The topological polar surface area (TPSA) is 58.8 Å². The maximum Gasteiger partial charge on any atom is 0.254 e. The quantitative estimate of drug-likeness (QED) is 0.529. The van der Waals surface area contributed by atoms with Crippen LogP contribution in [-0.4, -0.2) is 48.3 Å². The molecule has 0 bridgehead atoms. The fourth-order valence-electron chi connectivity index (χ4n) is 4.04. The zero-order valence-corrected chi connectivity index (χ0v) is 19.1. The Hall–Kier alpha value is -3.12. The molecule has 1 aromatic heterocycles. The van der Waals surface area contributed by atoms with Gasteiger partial charge >= 0.3 is 0 Å². The van der Waals surface area contributed by atoms with E-state index in [2.05, 4.69) is 43.0 Å². The van der Waals surface area contributed by atoms with Crippen LogP contribution in [0.15, 0.2) is 59.1 Å². The number of hydrogen-bond donors (Lipinski definition) is 0. The highest BCUT2D eigenvalue weighted by atomic mass is 16.5. The standard InChI is InChI=1S/C26H31N3O3/c1-4-20(3)29(25(30)21-10-6-5-7-11-21)18-23-24(22-12-8-9-19(2)17-22)27-32-26(23)28-13-15-31-16-14-28/h5-12,17,20H,4,13-16,18H2,1-3H3. The number of aryl methyl sites for hydroxylation is 1. The van der Waals surface area contributed by atoms with E-state index >= 15 is 0 Å². The van der Waals surface area contributed by atoms with Crippen molar-refractivity contribution >= 4 is 11.8 Å². The maximum absolute atomic E-state index is 13.5. The molecule has 0 N–H and O–H groups in total. The lowest BCUT2D eigenvalue weighted by Crippen LogP contribution is -2.39. The Morgan fingerprint density at radius 3 is 2.56 bits per heavy atom. The molecule has 1 saturated heterocycles. The van der Waals surface area contributed by atoms with Crippen molar-refractivity contribution in [2.24, 2.45) is 0 Å². The largest absolute Gasteiger partial charge is 0.378 e. The summed E-state index contributed by atoms with van der Waals surface area (Å²) in [5, 5.41) is 4.48. The average Bonchev–Trinajstić information content (AvgIpc) is 3.26. The van der Waals surface area contributed by atoms with Crippen LogP contribution in [0, 0.1) is 6.92 Å². The molecule has 1 aliphatic heterocycles. The molecule has 1 unspecified atom stereocenters. The van der Waals surface area contributed by atoms with Crippen molar-refractivity contribution in [1.29, 1.82) is 0 Å². The lowest BCUT2D eigenvalue weighted by molar-refractivity contribution is 0.0671. The van der Waals surface area contributed by atoms with Crippen LogP contribution >= 0.6 is 0 Å². The number of rotatable bonds is 7. The van der Waals surface area contributed by atoms with E-state index in [1.165, 1.54) is 0 Å². The molecule has 6 nitrogen and oxygen atoms in total. The smallest absolute Gasteiger partial charge is 0.254 e. The van der Waals surface area contributed by atoms with Gasteiger partial charge in [-0.05, 0) is 38.5 Å². The van der Waals surface area contributed by atoms with Gasteiger partial charge in [0.2, 0.25) is 5.88 Å². The van der Waals surface area contributed by atoms with E-state index < -0.39 is 0 Å². The molecule has 0 spiro atoms. The minimum absolute atomic E-state index is 0.0178. The number of carbonyl (C=O) groups is 1. The molecule has 6 heteroatoms. The van der Waals surface area contributed by atoms with Crippen LogP contribution in [-0.2, 0) is 11.3 Å². The lowest BCUT2D eigenvalue weighted by Gasteiger charge is -2.31. The summed E-state index contributed by atoms with van der Waals surface area (Å²) in [6.45, 7) is 9.48. The number of carbonyl (C=O) groups excluding carboxylic acids is 1. The molecule has 0 radical (unpaired) electrons. The van der Waals surface area contributed by atoms with E-state index in [1.807, 2.05) is 47.4 Å². The summed E-state index contributed by atoms with van der Waals surface area (Å²) in [6.07, 6.45) is 0.858. The molecule has 0 aliphatic carbocycles. The van der Waals surface area contributed by atoms with Gasteiger partial charge in [-0.1, -0.05) is 54.0 Å². The van der Waals surface area contributed by atoms with Crippen molar-refractivity contribution in [1.82, 2.24) is 10.1 Å². The van der Waals surface area contributed by atoms with E-state index in [9.17, 15) is 4.79 Å². The van der Waals surface area contributed by atoms with Gasteiger partial charge in [0.25, 0.3) is 5.91 Å². The van der Waals surface area contributed by atoms with Crippen molar-refractivity contribution in [2.45, 2.75) is 39.8 Å². The zero-order chi connectivity index (χ0) is 22.5. The molecular weight excluding hydrogens is 402 g/mol. The Bertz CT molecular complexity index is 1040. The molecule has 2 aromatic carbocycles. The highest BCUT2D eigenvalue weighted by molar-refractivity contribution is 5.94. The van der Waals surface area contributed by atoms with Gasteiger partial charge < -0.3 is 19.1 Å². The first-order valence-corrected chi connectivity index (χ1v) is 11.3. The Kier molecular flexibility index (Phi) is 6.90. The number of anilines is 1. The molecule has 168 valence electrons. The first-order valence-electron chi connectivity index (χ1n) is 11.3. The SMILES string of the molecule is CCC(C)N(Cc1c(-c2cccc(C)c2)noc1N1CCOCC1)C(=O)c1ccccc1. The molecule has 3 aromatic rings. The van der Waals surface area contributed by atoms with Gasteiger partial charge in [-0.3, -0.25) is 4.79 Å². The van der Waals surface area contributed by atoms with Crippen LogP contribution in [0.25, 0.3) is 11.3 Å². The third-order valence-electron chi connectivity index (χ3n) is 6.09. The second-order valence-corrected chi connectivity index (χ2v) is 8.34. The first-order chi connectivity index (χ1) is 15.6. The third kappa shape index (κ3) is 4.70. The molecule has 0 saturated carbocycles. The molecule has 1 fully saturated rings. The normalized spacial score (nSPS) is 14.9. The molecule has 1 atom stereocenters. The summed E-state index contributed by atoms with van der Waals surface area (Å²) < 4.78 is 11.4. The predicted molar refractivity (Wildman–Crippen MR) is 126 cm³/mol. The van der Waals surface area contributed by atoms with Gasteiger partial charge in [0.1, 0.15) is 5.69 Å². The van der Waals surface area contributed by atoms with E-state index in [0.29, 0.717) is 25.3 Å². The van der Waals surface area contributed by atoms with Gasteiger partial charge in [0, 0.05) is 30.3 Å².